The minimum absolute atomic E-state index is 0.351. The number of carbonyl (C=O) groups excluding carboxylic acids is 1. The van der Waals surface area contributed by atoms with Crippen LogP contribution in [0.2, 0.25) is 0 Å². The molecule has 2 aliphatic rings. The Kier molecular flexibility index (Phi) is 6.30. The van der Waals surface area contributed by atoms with Gasteiger partial charge >= 0.3 is 0 Å². The molecule has 0 aromatic rings. The van der Waals surface area contributed by atoms with E-state index in [9.17, 15) is 4.79 Å². The predicted molar refractivity (Wildman–Crippen MR) is 82.7 cm³/mol. The van der Waals surface area contributed by atoms with Crippen LogP contribution in [0.25, 0.3) is 0 Å². The maximum atomic E-state index is 12.1. The van der Waals surface area contributed by atoms with Crippen LogP contribution in [0.4, 0.5) is 0 Å². The fraction of sp³-hybridized carbons (Fsp3) is 0.938. The van der Waals surface area contributed by atoms with E-state index in [0.29, 0.717) is 5.91 Å². The summed E-state index contributed by atoms with van der Waals surface area (Å²) in [5.41, 5.74) is 0. The zero-order valence-corrected chi connectivity index (χ0v) is 13.2. The summed E-state index contributed by atoms with van der Waals surface area (Å²) in [7, 11) is 0. The lowest BCUT2D eigenvalue weighted by molar-refractivity contribution is -0.131. The van der Waals surface area contributed by atoms with Crippen molar-refractivity contribution >= 4 is 5.91 Å². The van der Waals surface area contributed by atoms with Gasteiger partial charge in [-0.3, -0.25) is 4.79 Å². The van der Waals surface area contributed by atoms with Crippen molar-refractivity contribution in [3.8, 4) is 0 Å². The highest BCUT2D eigenvalue weighted by Gasteiger charge is 2.21. The highest BCUT2D eigenvalue weighted by Crippen LogP contribution is 2.24. The van der Waals surface area contributed by atoms with E-state index in [1.165, 1.54) is 25.9 Å². The van der Waals surface area contributed by atoms with Gasteiger partial charge in [-0.2, -0.15) is 0 Å². The Morgan fingerprint density at radius 1 is 1.15 bits per heavy atom. The van der Waals surface area contributed by atoms with Gasteiger partial charge in [0, 0.05) is 32.6 Å². The summed E-state index contributed by atoms with van der Waals surface area (Å²) in [6.45, 7) is 11.9. The zero-order chi connectivity index (χ0) is 14.4. The van der Waals surface area contributed by atoms with Crippen LogP contribution in [0.5, 0.6) is 0 Å². The molecule has 2 heterocycles. The van der Waals surface area contributed by atoms with E-state index in [4.69, 9.17) is 0 Å². The van der Waals surface area contributed by atoms with Crippen LogP contribution in [0.15, 0.2) is 0 Å². The molecule has 0 bridgehead atoms. The Labute approximate surface area is 123 Å². The number of hydrogen-bond acceptors (Lipinski definition) is 3. The van der Waals surface area contributed by atoms with Gasteiger partial charge in [-0.1, -0.05) is 13.8 Å². The average molecular weight is 281 g/mol. The molecule has 2 aliphatic heterocycles. The van der Waals surface area contributed by atoms with Crippen molar-refractivity contribution in [1.29, 1.82) is 0 Å². The first-order chi connectivity index (χ1) is 9.66. The Hall–Kier alpha value is -0.610. The third-order valence-electron chi connectivity index (χ3n) is 4.91. The lowest BCUT2D eigenvalue weighted by atomic mass is 9.87. The first-order valence-corrected chi connectivity index (χ1v) is 8.37. The van der Waals surface area contributed by atoms with Crippen molar-refractivity contribution in [2.75, 3.05) is 45.8 Å². The fourth-order valence-electron chi connectivity index (χ4n) is 3.37. The van der Waals surface area contributed by atoms with E-state index >= 15 is 0 Å². The quantitative estimate of drug-likeness (QED) is 0.831. The number of piperazine rings is 1. The number of carbonyl (C=O) groups is 1. The lowest BCUT2D eigenvalue weighted by Gasteiger charge is -2.34. The molecule has 1 amide bonds. The highest BCUT2D eigenvalue weighted by atomic mass is 16.2. The largest absolute Gasteiger partial charge is 0.340 e. The monoisotopic (exact) mass is 281 g/mol. The summed E-state index contributed by atoms with van der Waals surface area (Å²) in [5, 5.41) is 3.29. The number of nitrogens with zero attached hydrogens (tertiary/aromatic N) is 2. The molecule has 1 N–H and O–H groups in total. The minimum atomic E-state index is 0.351. The maximum Gasteiger partial charge on any atom is 0.222 e. The Morgan fingerprint density at radius 3 is 2.40 bits per heavy atom. The van der Waals surface area contributed by atoms with Gasteiger partial charge in [-0.05, 0) is 50.7 Å². The molecular formula is C16H31N3O. The standard InChI is InChI=1S/C16H31N3O/c1-14(2)15-5-10-18(11-6-15)9-3-4-16(20)19-12-7-17-8-13-19/h14-15,17H,3-13H2,1-2H3. The first kappa shape index (κ1) is 15.8. The van der Waals surface area contributed by atoms with Gasteiger partial charge in [0.25, 0.3) is 0 Å². The Balaban J connectivity index is 1.58. The second kappa shape index (κ2) is 7.99. The third kappa shape index (κ3) is 4.74. The Bertz CT molecular complexity index is 292. The van der Waals surface area contributed by atoms with E-state index in [1.54, 1.807) is 0 Å². The Morgan fingerprint density at radius 2 is 1.80 bits per heavy atom. The van der Waals surface area contributed by atoms with E-state index in [1.807, 2.05) is 4.90 Å². The van der Waals surface area contributed by atoms with Crippen LogP contribution in [0, 0.1) is 11.8 Å². The number of piperidine rings is 1. The zero-order valence-electron chi connectivity index (χ0n) is 13.2. The van der Waals surface area contributed by atoms with Crippen molar-refractivity contribution < 1.29 is 4.79 Å². The number of nitrogens with one attached hydrogen (secondary N) is 1. The summed E-state index contributed by atoms with van der Waals surface area (Å²) < 4.78 is 0. The van der Waals surface area contributed by atoms with Gasteiger partial charge in [0.2, 0.25) is 5.91 Å². The molecule has 0 aromatic carbocycles. The molecule has 0 aromatic heterocycles. The van der Waals surface area contributed by atoms with Crippen LogP contribution in [0.1, 0.15) is 39.5 Å². The maximum absolute atomic E-state index is 12.1. The lowest BCUT2D eigenvalue weighted by Crippen LogP contribution is -2.46. The number of amides is 1. The van der Waals surface area contributed by atoms with Crippen molar-refractivity contribution in [2.24, 2.45) is 11.8 Å². The van der Waals surface area contributed by atoms with Crippen molar-refractivity contribution in [2.45, 2.75) is 39.5 Å². The molecular weight excluding hydrogens is 250 g/mol. The second-order valence-corrected chi connectivity index (χ2v) is 6.66. The summed E-state index contributed by atoms with van der Waals surface area (Å²) in [4.78, 5) is 16.6. The van der Waals surface area contributed by atoms with E-state index in [2.05, 4.69) is 24.1 Å². The van der Waals surface area contributed by atoms with Gasteiger partial charge in [0.1, 0.15) is 0 Å². The van der Waals surface area contributed by atoms with Crippen molar-refractivity contribution in [3.63, 3.8) is 0 Å². The summed E-state index contributed by atoms with van der Waals surface area (Å²) in [6, 6.07) is 0. The molecule has 4 heteroatoms. The SMILES string of the molecule is CC(C)C1CCN(CCCC(=O)N2CCNCC2)CC1. The molecule has 0 saturated carbocycles. The molecule has 4 nitrogen and oxygen atoms in total. The molecule has 116 valence electrons. The second-order valence-electron chi connectivity index (χ2n) is 6.66. The van der Waals surface area contributed by atoms with Gasteiger partial charge in [-0.25, -0.2) is 0 Å². The van der Waals surface area contributed by atoms with Gasteiger partial charge in [-0.15, -0.1) is 0 Å². The molecule has 2 saturated heterocycles. The van der Waals surface area contributed by atoms with E-state index in [0.717, 1.165) is 57.4 Å². The van der Waals surface area contributed by atoms with E-state index < -0.39 is 0 Å². The normalized spacial score (nSPS) is 22.4. The summed E-state index contributed by atoms with van der Waals surface area (Å²) in [5.74, 6) is 2.09. The number of rotatable bonds is 5. The van der Waals surface area contributed by atoms with Gasteiger partial charge < -0.3 is 15.1 Å². The molecule has 0 radical (unpaired) electrons. The molecule has 0 spiro atoms. The first-order valence-electron chi connectivity index (χ1n) is 8.37. The van der Waals surface area contributed by atoms with Crippen LogP contribution in [-0.4, -0.2) is 61.5 Å². The van der Waals surface area contributed by atoms with Gasteiger partial charge in [0.05, 0.1) is 0 Å². The average Bonchev–Trinajstić information content (AvgIpc) is 2.48. The predicted octanol–water partition coefficient (Wildman–Crippen LogP) is 1.57. The number of likely N-dealkylation sites (tertiary alicyclic amines) is 1. The summed E-state index contributed by atoms with van der Waals surface area (Å²) >= 11 is 0. The molecule has 0 atom stereocenters. The van der Waals surface area contributed by atoms with Crippen LogP contribution < -0.4 is 5.32 Å². The van der Waals surface area contributed by atoms with Gasteiger partial charge in [0.15, 0.2) is 0 Å². The summed E-state index contributed by atoms with van der Waals surface area (Å²) in [6.07, 6.45) is 4.42. The molecule has 2 fully saturated rings. The topological polar surface area (TPSA) is 35.6 Å². The minimum Gasteiger partial charge on any atom is -0.340 e. The highest BCUT2D eigenvalue weighted by molar-refractivity contribution is 5.76. The number of hydrogen-bond donors (Lipinski definition) is 1. The molecule has 2 rings (SSSR count). The van der Waals surface area contributed by atoms with Crippen LogP contribution in [0.3, 0.4) is 0 Å². The molecule has 0 aliphatic carbocycles. The third-order valence-corrected chi connectivity index (χ3v) is 4.91. The van der Waals surface area contributed by atoms with Crippen molar-refractivity contribution in [1.82, 2.24) is 15.1 Å². The fourth-order valence-corrected chi connectivity index (χ4v) is 3.37. The van der Waals surface area contributed by atoms with Crippen LogP contribution in [-0.2, 0) is 4.79 Å². The van der Waals surface area contributed by atoms with E-state index in [-0.39, 0.29) is 0 Å². The molecule has 20 heavy (non-hydrogen) atoms. The molecule has 0 unspecified atom stereocenters. The van der Waals surface area contributed by atoms with Crippen LogP contribution >= 0.6 is 0 Å². The smallest absolute Gasteiger partial charge is 0.222 e. The van der Waals surface area contributed by atoms with Crippen molar-refractivity contribution in [3.05, 3.63) is 0 Å².